The lowest BCUT2D eigenvalue weighted by molar-refractivity contribution is -0.109. The van der Waals surface area contributed by atoms with E-state index in [0.29, 0.717) is 19.3 Å². The number of amides is 1. The number of carbonyl (C=O) groups is 1. The molecule has 1 saturated carbocycles. The van der Waals surface area contributed by atoms with Gasteiger partial charge in [0, 0.05) is 49.8 Å². The first-order chi connectivity index (χ1) is 19.9. The summed E-state index contributed by atoms with van der Waals surface area (Å²) in [7, 11) is 0. The number of hydrogen-bond acceptors (Lipinski definition) is 7. The Bertz CT molecular complexity index is 1260. The third kappa shape index (κ3) is 8.50. The lowest BCUT2D eigenvalue weighted by Crippen LogP contribution is -2.47. The van der Waals surface area contributed by atoms with E-state index in [2.05, 4.69) is 54.7 Å². The third-order valence-corrected chi connectivity index (χ3v) is 8.41. The van der Waals surface area contributed by atoms with Crippen LogP contribution in [0.25, 0.3) is 16.8 Å². The molecular weight excluding hydrogens is 518 g/mol. The first kappa shape index (κ1) is 30.9. The van der Waals surface area contributed by atoms with Crippen molar-refractivity contribution in [1.82, 2.24) is 19.9 Å². The Morgan fingerprint density at radius 2 is 1.73 bits per heavy atom. The Balaban J connectivity index is 0.000000225. The van der Waals surface area contributed by atoms with Crippen molar-refractivity contribution >= 4 is 17.9 Å². The van der Waals surface area contributed by atoms with Gasteiger partial charge in [-0.05, 0) is 81.9 Å². The summed E-state index contributed by atoms with van der Waals surface area (Å²) in [6, 6.07) is 8.94. The number of aromatic nitrogens is 3. The minimum absolute atomic E-state index is 0.0611. The maximum absolute atomic E-state index is 9.97. The van der Waals surface area contributed by atoms with Crippen LogP contribution in [0.3, 0.4) is 0 Å². The molecule has 9 nitrogen and oxygen atoms in total. The normalized spacial score (nSPS) is 18.5. The molecule has 0 spiro atoms. The summed E-state index contributed by atoms with van der Waals surface area (Å²) in [4.78, 5) is 14.4. The minimum Gasteiger partial charge on any atom is -0.394 e. The Kier molecular flexibility index (Phi) is 11.1. The van der Waals surface area contributed by atoms with Crippen molar-refractivity contribution in [3.8, 4) is 11.1 Å². The molecule has 0 unspecified atom stereocenters. The van der Waals surface area contributed by atoms with Crippen LogP contribution in [0.4, 0.5) is 5.82 Å². The van der Waals surface area contributed by atoms with E-state index < -0.39 is 0 Å². The number of carbonyl (C=O) groups excluding carboxylic acids is 1. The molecule has 1 amide bonds. The lowest BCUT2D eigenvalue weighted by Gasteiger charge is -2.36. The van der Waals surface area contributed by atoms with E-state index in [1.54, 1.807) is 0 Å². The van der Waals surface area contributed by atoms with Crippen LogP contribution in [0, 0.1) is 26.7 Å². The van der Waals surface area contributed by atoms with Crippen molar-refractivity contribution in [3.63, 3.8) is 0 Å². The van der Waals surface area contributed by atoms with Crippen LogP contribution in [-0.4, -0.2) is 70.7 Å². The first-order valence-electron chi connectivity index (χ1n) is 15.0. The number of benzene rings is 1. The van der Waals surface area contributed by atoms with E-state index >= 15 is 0 Å². The Labute approximate surface area is 244 Å². The van der Waals surface area contributed by atoms with Gasteiger partial charge in [0.15, 0.2) is 5.65 Å². The van der Waals surface area contributed by atoms with Crippen molar-refractivity contribution in [3.05, 3.63) is 47.3 Å². The molecule has 6 rings (SSSR count). The molecule has 3 N–H and O–H groups in total. The van der Waals surface area contributed by atoms with Gasteiger partial charge >= 0.3 is 0 Å². The molecule has 41 heavy (non-hydrogen) atoms. The molecule has 224 valence electrons. The number of aliphatic hydroxyl groups excluding tert-OH is 1. The average Bonchev–Trinajstić information content (AvgIpc) is 3.72. The van der Waals surface area contributed by atoms with Crippen LogP contribution in [0.2, 0.25) is 0 Å². The number of nitrogens with zero attached hydrogens (tertiary/aromatic N) is 3. The van der Waals surface area contributed by atoms with Gasteiger partial charge in [-0.15, -0.1) is 0 Å². The molecule has 1 aromatic carbocycles. The van der Waals surface area contributed by atoms with E-state index in [1.165, 1.54) is 43.2 Å². The highest BCUT2D eigenvalue weighted by Gasteiger charge is 2.32. The molecule has 2 saturated heterocycles. The van der Waals surface area contributed by atoms with Gasteiger partial charge in [0.1, 0.15) is 5.82 Å². The number of fused-ring (bicyclic) bond motifs is 1. The van der Waals surface area contributed by atoms with Gasteiger partial charge < -0.3 is 25.2 Å². The van der Waals surface area contributed by atoms with Gasteiger partial charge in [0.25, 0.3) is 0 Å². The summed E-state index contributed by atoms with van der Waals surface area (Å²) in [5, 5.41) is 20.6. The molecule has 0 radical (unpaired) electrons. The van der Waals surface area contributed by atoms with Crippen molar-refractivity contribution in [2.75, 3.05) is 38.4 Å². The second kappa shape index (κ2) is 14.8. The Morgan fingerprint density at radius 1 is 1.02 bits per heavy atom. The lowest BCUT2D eigenvalue weighted by atomic mass is 9.91. The number of nitrogens with one attached hydrogen (secondary N) is 2. The predicted octanol–water partition coefficient (Wildman–Crippen LogP) is 4.99. The molecule has 9 heteroatoms. The quantitative estimate of drug-likeness (QED) is 0.346. The molecule has 2 aliphatic heterocycles. The molecule has 4 heterocycles. The third-order valence-electron chi connectivity index (χ3n) is 8.41. The van der Waals surface area contributed by atoms with Gasteiger partial charge in [-0.25, -0.2) is 9.50 Å². The summed E-state index contributed by atoms with van der Waals surface area (Å²) in [5.74, 6) is 1.73. The summed E-state index contributed by atoms with van der Waals surface area (Å²) < 4.78 is 12.5. The molecular formula is C32H47N5O4. The molecule has 3 fully saturated rings. The fourth-order valence-electron chi connectivity index (χ4n) is 5.15. The number of ether oxygens (including phenoxy) is 2. The zero-order chi connectivity index (χ0) is 29.2. The standard InChI is InChI=1S/C21H26N4O2.C7H14O.C4H7NO/c1-14-4-5-17(10-15(14)2)18-12-22-25-16(3)11-19(23-20(18)25)24-21(13-26)6-8-27-9-7-21;1-2-7-3-5-8-6-4-7;6-3-5-4-1-2-4/h4-5,10-12,26H,6-9,13H2,1-3H3,(H,23,24);7H,2-6H2,1H3;3-4H,1-2H2,(H,5,6). The SMILES string of the molecule is CCC1CCOCC1.Cc1ccc(-c2cnn3c(C)cc(NC4(CO)CCOCC4)nc23)cc1C.O=CNC1CC1. The van der Waals surface area contributed by atoms with Crippen LogP contribution in [0.15, 0.2) is 30.5 Å². The second-order valence-corrected chi connectivity index (χ2v) is 11.6. The molecule has 3 aliphatic rings. The van der Waals surface area contributed by atoms with Crippen molar-refractivity contribution < 1.29 is 19.4 Å². The topological polar surface area (TPSA) is 110 Å². The fourth-order valence-corrected chi connectivity index (χ4v) is 5.15. The van der Waals surface area contributed by atoms with Crippen molar-refractivity contribution in [2.45, 2.75) is 84.2 Å². The van der Waals surface area contributed by atoms with Crippen LogP contribution in [0.1, 0.15) is 68.7 Å². The van der Waals surface area contributed by atoms with E-state index in [0.717, 1.165) is 66.7 Å². The number of aryl methyl sites for hydroxylation is 3. The van der Waals surface area contributed by atoms with Crippen LogP contribution in [-0.2, 0) is 14.3 Å². The van der Waals surface area contributed by atoms with Crippen LogP contribution >= 0.6 is 0 Å². The Morgan fingerprint density at radius 3 is 2.29 bits per heavy atom. The smallest absolute Gasteiger partial charge is 0.207 e. The van der Waals surface area contributed by atoms with E-state index in [4.69, 9.17) is 14.5 Å². The minimum atomic E-state index is -0.378. The van der Waals surface area contributed by atoms with Gasteiger partial charge in [-0.1, -0.05) is 31.5 Å². The summed E-state index contributed by atoms with van der Waals surface area (Å²) in [6.45, 7) is 11.9. The van der Waals surface area contributed by atoms with Crippen LogP contribution < -0.4 is 10.6 Å². The Hall–Kier alpha value is -3.01. The van der Waals surface area contributed by atoms with Gasteiger partial charge in [-0.3, -0.25) is 4.79 Å². The summed E-state index contributed by atoms with van der Waals surface area (Å²) >= 11 is 0. The number of rotatable bonds is 7. The first-order valence-corrected chi connectivity index (χ1v) is 15.0. The second-order valence-electron chi connectivity index (χ2n) is 11.6. The number of anilines is 1. The highest BCUT2D eigenvalue weighted by molar-refractivity contribution is 5.78. The highest BCUT2D eigenvalue weighted by Crippen LogP contribution is 2.29. The predicted molar refractivity (Wildman–Crippen MR) is 162 cm³/mol. The van der Waals surface area contributed by atoms with E-state index in [9.17, 15) is 9.90 Å². The maximum Gasteiger partial charge on any atom is 0.207 e. The molecule has 0 atom stereocenters. The maximum atomic E-state index is 9.97. The van der Waals surface area contributed by atoms with Crippen molar-refractivity contribution in [2.24, 2.45) is 5.92 Å². The zero-order valence-corrected chi connectivity index (χ0v) is 25.1. The largest absolute Gasteiger partial charge is 0.394 e. The molecule has 2 aromatic heterocycles. The number of hydrogen-bond donors (Lipinski definition) is 3. The van der Waals surface area contributed by atoms with Gasteiger partial charge in [0.2, 0.25) is 6.41 Å². The average molecular weight is 566 g/mol. The monoisotopic (exact) mass is 565 g/mol. The zero-order valence-electron chi connectivity index (χ0n) is 25.1. The van der Waals surface area contributed by atoms with Gasteiger partial charge in [0.05, 0.1) is 18.3 Å². The van der Waals surface area contributed by atoms with E-state index in [-0.39, 0.29) is 12.1 Å². The molecule has 1 aliphatic carbocycles. The summed E-state index contributed by atoms with van der Waals surface area (Å²) in [6.07, 6.45) is 10.4. The van der Waals surface area contributed by atoms with Gasteiger partial charge in [-0.2, -0.15) is 5.10 Å². The molecule has 3 aromatic rings. The number of aliphatic hydroxyl groups is 1. The molecule has 0 bridgehead atoms. The summed E-state index contributed by atoms with van der Waals surface area (Å²) in [5.41, 5.74) is 6.08. The fraction of sp³-hybridized carbons (Fsp3) is 0.594. The van der Waals surface area contributed by atoms with Crippen molar-refractivity contribution in [1.29, 1.82) is 0 Å². The van der Waals surface area contributed by atoms with E-state index in [1.807, 2.05) is 23.7 Å². The highest BCUT2D eigenvalue weighted by atomic mass is 16.5. The van der Waals surface area contributed by atoms with Crippen LogP contribution in [0.5, 0.6) is 0 Å².